The maximum atomic E-state index is 13.9. The van der Waals surface area contributed by atoms with Gasteiger partial charge in [0.1, 0.15) is 10.1 Å². The average molecular weight is 321 g/mol. The smallest absolute Gasteiger partial charge is 0.263 e. The zero-order chi connectivity index (χ0) is 14.1. The highest BCUT2D eigenvalue weighted by Crippen LogP contribution is 2.30. The van der Waals surface area contributed by atoms with E-state index < -0.39 is 0 Å². The Morgan fingerprint density at radius 1 is 1.30 bits per heavy atom. The van der Waals surface area contributed by atoms with E-state index in [4.69, 9.17) is 12.2 Å². The fourth-order valence-corrected chi connectivity index (χ4v) is 3.61. The number of halogens is 1. The number of nitrogens with one attached hydrogen (secondary N) is 1. The molecule has 0 saturated carbocycles. The Morgan fingerprint density at radius 3 is 2.80 bits per heavy atom. The van der Waals surface area contributed by atoms with Crippen LogP contribution in [0.3, 0.4) is 0 Å². The number of hydrogen-bond donors (Lipinski definition) is 1. The molecule has 1 amide bonds. The molecule has 2 heterocycles. The van der Waals surface area contributed by atoms with Gasteiger partial charge in [-0.05, 0) is 35.2 Å². The molecule has 0 atom stereocenters. The second-order valence-corrected chi connectivity index (χ2v) is 6.74. The number of thiophene rings is 1. The summed E-state index contributed by atoms with van der Waals surface area (Å²) in [6, 6.07) is 8.55. The van der Waals surface area contributed by atoms with Crippen molar-refractivity contribution in [1.82, 2.24) is 5.32 Å². The van der Waals surface area contributed by atoms with Crippen LogP contribution in [0.2, 0.25) is 0 Å². The zero-order valence-electron chi connectivity index (χ0n) is 10.1. The Labute approximate surface area is 128 Å². The lowest BCUT2D eigenvalue weighted by Crippen LogP contribution is -2.17. The van der Waals surface area contributed by atoms with Crippen LogP contribution in [0.5, 0.6) is 0 Å². The summed E-state index contributed by atoms with van der Waals surface area (Å²) in [5, 5.41) is 4.46. The predicted octanol–water partition coefficient (Wildman–Crippen LogP) is 4.04. The summed E-state index contributed by atoms with van der Waals surface area (Å²) in [6.45, 7) is 0. The first-order valence-corrected chi connectivity index (χ1v) is 7.82. The summed E-state index contributed by atoms with van der Waals surface area (Å²) in [5.74, 6) is -0.476. The number of carbonyl (C=O) groups is 1. The number of rotatable bonds is 2. The standard InChI is InChI=1S/C14H8FNOS3/c15-10-4-3-8(6-9(10)11-2-1-5-19-11)7-12-13(17)16-14(18)20-12/h1-7H,(H,16,17,18)/b12-7-. The molecule has 1 aliphatic rings. The molecule has 1 saturated heterocycles. The SMILES string of the molecule is O=C1NC(=S)S/C1=C\c1ccc(F)c(-c2cccs2)c1. The number of benzene rings is 1. The monoisotopic (exact) mass is 321 g/mol. The molecular formula is C14H8FNOS3. The molecule has 1 fully saturated rings. The molecule has 3 rings (SSSR count). The third-order valence-electron chi connectivity index (χ3n) is 2.72. The van der Waals surface area contributed by atoms with Crippen molar-refractivity contribution < 1.29 is 9.18 Å². The molecule has 6 heteroatoms. The number of thiocarbonyl (C=S) groups is 1. The molecule has 1 aliphatic heterocycles. The number of amides is 1. The van der Waals surface area contributed by atoms with E-state index in [0.717, 1.165) is 10.4 Å². The van der Waals surface area contributed by atoms with E-state index >= 15 is 0 Å². The van der Waals surface area contributed by atoms with E-state index in [2.05, 4.69) is 5.32 Å². The number of hydrogen-bond acceptors (Lipinski definition) is 4. The van der Waals surface area contributed by atoms with Crippen molar-refractivity contribution in [3.63, 3.8) is 0 Å². The van der Waals surface area contributed by atoms with Crippen LogP contribution in [0.25, 0.3) is 16.5 Å². The molecule has 1 N–H and O–H groups in total. The van der Waals surface area contributed by atoms with Gasteiger partial charge in [0.15, 0.2) is 0 Å². The van der Waals surface area contributed by atoms with Crippen molar-refractivity contribution in [3.8, 4) is 10.4 Å². The topological polar surface area (TPSA) is 29.1 Å². The van der Waals surface area contributed by atoms with Gasteiger partial charge in [-0.15, -0.1) is 11.3 Å². The summed E-state index contributed by atoms with van der Waals surface area (Å²) >= 11 is 7.63. The lowest BCUT2D eigenvalue weighted by Gasteiger charge is -2.02. The van der Waals surface area contributed by atoms with Crippen LogP contribution in [0, 0.1) is 5.82 Å². The Bertz CT molecular complexity index is 722. The number of carbonyl (C=O) groups excluding carboxylic acids is 1. The maximum Gasteiger partial charge on any atom is 0.263 e. The maximum absolute atomic E-state index is 13.9. The Kier molecular flexibility index (Phi) is 3.69. The highest BCUT2D eigenvalue weighted by Gasteiger charge is 2.22. The molecule has 0 unspecified atom stereocenters. The highest BCUT2D eigenvalue weighted by molar-refractivity contribution is 8.26. The van der Waals surface area contributed by atoms with Crippen LogP contribution >= 0.6 is 35.3 Å². The van der Waals surface area contributed by atoms with Crippen molar-refractivity contribution in [2.75, 3.05) is 0 Å². The molecule has 20 heavy (non-hydrogen) atoms. The first-order chi connectivity index (χ1) is 9.63. The molecule has 0 aliphatic carbocycles. The minimum absolute atomic E-state index is 0.206. The molecule has 1 aromatic heterocycles. The summed E-state index contributed by atoms with van der Waals surface area (Å²) in [7, 11) is 0. The second-order valence-electron chi connectivity index (χ2n) is 4.07. The van der Waals surface area contributed by atoms with Crippen LogP contribution in [0.1, 0.15) is 5.56 Å². The van der Waals surface area contributed by atoms with E-state index in [1.54, 1.807) is 18.2 Å². The Balaban J connectivity index is 2.00. The third-order valence-corrected chi connectivity index (χ3v) is 4.78. The van der Waals surface area contributed by atoms with Gasteiger partial charge < -0.3 is 5.32 Å². The first-order valence-electron chi connectivity index (χ1n) is 5.72. The van der Waals surface area contributed by atoms with Crippen LogP contribution in [-0.4, -0.2) is 10.2 Å². The van der Waals surface area contributed by atoms with Crippen LogP contribution in [0.4, 0.5) is 4.39 Å². The van der Waals surface area contributed by atoms with Crippen LogP contribution in [0.15, 0.2) is 40.6 Å². The lowest BCUT2D eigenvalue weighted by molar-refractivity contribution is -0.115. The normalized spacial score (nSPS) is 16.8. The third kappa shape index (κ3) is 2.67. The quantitative estimate of drug-likeness (QED) is 0.668. The molecular weight excluding hydrogens is 313 g/mol. The number of thioether (sulfide) groups is 1. The molecule has 0 radical (unpaired) electrons. The summed E-state index contributed by atoms with van der Waals surface area (Å²) in [6.07, 6.45) is 1.72. The van der Waals surface area contributed by atoms with Crippen LogP contribution in [-0.2, 0) is 4.79 Å². The van der Waals surface area contributed by atoms with E-state index in [-0.39, 0.29) is 11.7 Å². The van der Waals surface area contributed by atoms with Gasteiger partial charge in [-0.25, -0.2) is 4.39 Å². The fraction of sp³-hybridized carbons (Fsp3) is 0. The molecule has 0 spiro atoms. The zero-order valence-corrected chi connectivity index (χ0v) is 12.5. The van der Waals surface area contributed by atoms with Crippen molar-refractivity contribution in [3.05, 3.63) is 52.0 Å². The Hall–Kier alpha value is -1.50. The van der Waals surface area contributed by atoms with Crippen molar-refractivity contribution in [2.45, 2.75) is 0 Å². The van der Waals surface area contributed by atoms with Crippen LogP contribution < -0.4 is 5.32 Å². The summed E-state index contributed by atoms with van der Waals surface area (Å²) in [4.78, 5) is 13.0. The summed E-state index contributed by atoms with van der Waals surface area (Å²) in [5.41, 5.74) is 1.32. The Morgan fingerprint density at radius 2 is 2.15 bits per heavy atom. The van der Waals surface area contributed by atoms with Crippen molar-refractivity contribution in [1.29, 1.82) is 0 Å². The highest BCUT2D eigenvalue weighted by atomic mass is 32.2. The van der Waals surface area contributed by atoms with E-state index in [0.29, 0.717) is 14.8 Å². The van der Waals surface area contributed by atoms with Gasteiger partial charge in [0, 0.05) is 10.4 Å². The minimum Gasteiger partial charge on any atom is -0.307 e. The van der Waals surface area contributed by atoms with Gasteiger partial charge in [0.25, 0.3) is 5.91 Å². The predicted molar refractivity (Wildman–Crippen MR) is 86.0 cm³/mol. The molecule has 100 valence electrons. The fourth-order valence-electron chi connectivity index (χ4n) is 1.83. The van der Waals surface area contributed by atoms with Gasteiger partial charge in [-0.2, -0.15) is 0 Å². The molecule has 2 nitrogen and oxygen atoms in total. The van der Waals surface area contributed by atoms with Gasteiger partial charge >= 0.3 is 0 Å². The van der Waals surface area contributed by atoms with Crippen molar-refractivity contribution >= 4 is 51.6 Å². The van der Waals surface area contributed by atoms with Gasteiger partial charge in [-0.1, -0.05) is 36.1 Å². The minimum atomic E-state index is -0.270. The first kappa shape index (κ1) is 13.5. The van der Waals surface area contributed by atoms with E-state index in [9.17, 15) is 9.18 Å². The van der Waals surface area contributed by atoms with E-state index in [1.165, 1.54) is 29.2 Å². The molecule has 2 aromatic rings. The van der Waals surface area contributed by atoms with Gasteiger partial charge in [0.05, 0.1) is 4.91 Å². The van der Waals surface area contributed by atoms with Gasteiger partial charge in [0.2, 0.25) is 0 Å². The van der Waals surface area contributed by atoms with Gasteiger partial charge in [-0.3, -0.25) is 4.79 Å². The lowest BCUT2D eigenvalue weighted by atomic mass is 10.1. The second kappa shape index (κ2) is 5.47. The summed E-state index contributed by atoms with van der Waals surface area (Å²) < 4.78 is 14.3. The van der Waals surface area contributed by atoms with Crippen molar-refractivity contribution in [2.24, 2.45) is 0 Å². The average Bonchev–Trinajstić information content (AvgIpc) is 3.02. The van der Waals surface area contributed by atoms with E-state index in [1.807, 2.05) is 17.5 Å². The molecule has 1 aromatic carbocycles. The largest absolute Gasteiger partial charge is 0.307 e. The molecule has 0 bridgehead atoms.